The Balaban J connectivity index is 1.93. The highest BCUT2D eigenvalue weighted by atomic mass is 32.2. The summed E-state index contributed by atoms with van der Waals surface area (Å²) in [5, 5.41) is 0.407. The van der Waals surface area contributed by atoms with Gasteiger partial charge in [-0.15, -0.1) is 11.3 Å². The smallest absolute Gasteiger partial charge is 0.186 e. The number of aromatic nitrogens is 1. The Morgan fingerprint density at radius 2 is 2.19 bits per heavy atom. The summed E-state index contributed by atoms with van der Waals surface area (Å²) in [7, 11) is -3.09. The van der Waals surface area contributed by atoms with Crippen molar-refractivity contribution in [3.63, 3.8) is 0 Å². The number of sulfone groups is 1. The largest absolute Gasteiger partial charge is 0.329 e. The average Bonchev–Trinajstić information content (AvgIpc) is 3.26. The van der Waals surface area contributed by atoms with E-state index in [1.165, 1.54) is 12.8 Å². The molecular weight excluding hydrogens is 326 g/mol. The molecular formula is C13H21N3O2S3. The quantitative estimate of drug-likeness (QED) is 0.875. The molecule has 1 saturated heterocycles. The topological polar surface area (TPSA) is 76.3 Å². The molecule has 21 heavy (non-hydrogen) atoms. The molecule has 2 heterocycles. The maximum Gasteiger partial charge on any atom is 0.186 e. The minimum atomic E-state index is -3.09. The van der Waals surface area contributed by atoms with Gasteiger partial charge in [-0.25, -0.2) is 13.4 Å². The monoisotopic (exact) mass is 347 g/mol. The van der Waals surface area contributed by atoms with Crippen molar-refractivity contribution in [1.82, 2.24) is 4.98 Å². The van der Waals surface area contributed by atoms with E-state index in [0.717, 1.165) is 28.0 Å². The van der Waals surface area contributed by atoms with E-state index in [4.69, 9.17) is 10.7 Å². The van der Waals surface area contributed by atoms with Crippen LogP contribution in [0.3, 0.4) is 0 Å². The van der Waals surface area contributed by atoms with Crippen molar-refractivity contribution in [3.05, 3.63) is 10.6 Å². The molecule has 1 atom stereocenters. The summed E-state index contributed by atoms with van der Waals surface area (Å²) in [6, 6.07) is 0. The fourth-order valence-corrected chi connectivity index (χ4v) is 6.72. The first-order chi connectivity index (χ1) is 10.1. The van der Waals surface area contributed by atoms with E-state index in [-0.39, 0.29) is 5.75 Å². The summed E-state index contributed by atoms with van der Waals surface area (Å²) in [6.45, 7) is 2.96. The average molecular weight is 348 g/mol. The molecule has 2 fully saturated rings. The molecule has 2 N–H and O–H groups in total. The second kappa shape index (κ2) is 6.06. The zero-order valence-electron chi connectivity index (χ0n) is 12.1. The zero-order chi connectivity index (χ0) is 15.0. The SMILES string of the molecule is CCS(=O)(=O)C1CSCCN1c1nc(C2CC2)c(CN)s1. The van der Waals surface area contributed by atoms with Gasteiger partial charge in [-0.05, 0) is 12.8 Å². The minimum Gasteiger partial charge on any atom is -0.329 e. The molecule has 0 amide bonds. The van der Waals surface area contributed by atoms with Crippen LogP contribution in [0.2, 0.25) is 0 Å². The van der Waals surface area contributed by atoms with Crippen LogP contribution in [-0.2, 0) is 16.4 Å². The molecule has 2 aliphatic rings. The van der Waals surface area contributed by atoms with E-state index in [2.05, 4.69) is 0 Å². The number of hydrogen-bond donors (Lipinski definition) is 1. The molecule has 5 nitrogen and oxygen atoms in total. The van der Waals surface area contributed by atoms with Crippen molar-refractivity contribution in [3.8, 4) is 0 Å². The molecule has 8 heteroatoms. The number of hydrogen-bond acceptors (Lipinski definition) is 7. The third-order valence-corrected chi connectivity index (χ3v) is 8.43. The molecule has 3 rings (SSSR count). The second-order valence-corrected chi connectivity index (χ2v) is 10.1. The molecule has 0 spiro atoms. The van der Waals surface area contributed by atoms with Crippen LogP contribution in [0, 0.1) is 0 Å². The van der Waals surface area contributed by atoms with E-state index in [0.29, 0.717) is 18.2 Å². The molecule has 1 aromatic rings. The van der Waals surface area contributed by atoms with Gasteiger partial charge in [0.1, 0.15) is 5.37 Å². The molecule has 1 aromatic heterocycles. The van der Waals surface area contributed by atoms with Gasteiger partial charge >= 0.3 is 0 Å². The highest BCUT2D eigenvalue weighted by Crippen LogP contribution is 2.44. The lowest BCUT2D eigenvalue weighted by atomic mass is 10.2. The van der Waals surface area contributed by atoms with Crippen molar-refractivity contribution in [2.75, 3.05) is 28.7 Å². The summed E-state index contributed by atoms with van der Waals surface area (Å²) in [4.78, 5) is 7.87. The fraction of sp³-hybridized carbons (Fsp3) is 0.769. The molecule has 1 unspecified atom stereocenters. The number of nitrogens with zero attached hydrogens (tertiary/aromatic N) is 2. The van der Waals surface area contributed by atoms with Crippen molar-refractivity contribution in [1.29, 1.82) is 0 Å². The van der Waals surface area contributed by atoms with Gasteiger partial charge in [0.05, 0.1) is 5.69 Å². The first-order valence-electron chi connectivity index (χ1n) is 7.32. The molecule has 0 bridgehead atoms. The summed E-state index contributed by atoms with van der Waals surface area (Å²) in [5.74, 6) is 2.31. The Labute approximate surface area is 134 Å². The number of anilines is 1. The predicted molar refractivity (Wildman–Crippen MR) is 89.9 cm³/mol. The van der Waals surface area contributed by atoms with Gasteiger partial charge < -0.3 is 10.6 Å². The number of rotatable bonds is 5. The van der Waals surface area contributed by atoms with E-state index in [1.807, 2.05) is 4.90 Å². The normalized spacial score (nSPS) is 23.5. The van der Waals surface area contributed by atoms with Crippen molar-refractivity contribution >= 4 is 38.1 Å². The lowest BCUT2D eigenvalue weighted by Gasteiger charge is -2.34. The van der Waals surface area contributed by atoms with Gasteiger partial charge in [0.15, 0.2) is 15.0 Å². The second-order valence-electron chi connectivity index (χ2n) is 5.46. The van der Waals surface area contributed by atoms with Crippen molar-refractivity contribution in [2.24, 2.45) is 5.73 Å². The maximum atomic E-state index is 12.3. The highest BCUT2D eigenvalue weighted by Gasteiger charge is 2.36. The van der Waals surface area contributed by atoms with Gasteiger partial charge in [0.2, 0.25) is 0 Å². The van der Waals surface area contributed by atoms with Crippen LogP contribution in [-0.4, -0.2) is 42.6 Å². The van der Waals surface area contributed by atoms with Crippen LogP contribution in [0.1, 0.15) is 36.3 Å². The Hall–Kier alpha value is -0.310. The Morgan fingerprint density at radius 1 is 1.43 bits per heavy atom. The Kier molecular flexibility index (Phi) is 4.50. The van der Waals surface area contributed by atoms with Crippen molar-refractivity contribution in [2.45, 2.75) is 37.6 Å². The molecule has 0 aromatic carbocycles. The van der Waals surface area contributed by atoms with Crippen LogP contribution in [0.4, 0.5) is 5.13 Å². The predicted octanol–water partition coefficient (Wildman–Crippen LogP) is 1.79. The minimum absolute atomic E-state index is 0.180. The Morgan fingerprint density at radius 3 is 2.81 bits per heavy atom. The lowest BCUT2D eigenvalue weighted by Crippen LogP contribution is -2.48. The van der Waals surface area contributed by atoms with Gasteiger partial charge in [0, 0.05) is 41.1 Å². The summed E-state index contributed by atoms with van der Waals surface area (Å²) in [5.41, 5.74) is 6.95. The number of thiazole rings is 1. The molecule has 1 aliphatic carbocycles. The van der Waals surface area contributed by atoms with Crippen LogP contribution in [0.5, 0.6) is 0 Å². The van der Waals surface area contributed by atoms with Gasteiger partial charge in [-0.2, -0.15) is 11.8 Å². The summed E-state index contributed by atoms with van der Waals surface area (Å²) in [6.07, 6.45) is 2.37. The summed E-state index contributed by atoms with van der Waals surface area (Å²) >= 11 is 3.29. The van der Waals surface area contributed by atoms with E-state index in [9.17, 15) is 8.42 Å². The zero-order valence-corrected chi connectivity index (χ0v) is 14.6. The van der Waals surface area contributed by atoms with Crippen LogP contribution in [0.15, 0.2) is 0 Å². The fourth-order valence-electron chi connectivity index (χ4n) is 2.59. The van der Waals surface area contributed by atoms with Gasteiger partial charge in [-0.3, -0.25) is 0 Å². The van der Waals surface area contributed by atoms with Crippen LogP contribution < -0.4 is 10.6 Å². The standard InChI is InChI=1S/C13H21N3O2S3/c1-2-21(17,18)11-8-19-6-5-16(11)13-15-12(9-3-4-9)10(7-14)20-13/h9,11H,2-8,14H2,1H3. The first kappa shape index (κ1) is 15.6. The van der Waals surface area contributed by atoms with E-state index >= 15 is 0 Å². The van der Waals surface area contributed by atoms with E-state index < -0.39 is 15.2 Å². The Bertz CT molecular complexity index is 610. The molecule has 1 aliphatic heterocycles. The van der Waals surface area contributed by atoms with Crippen LogP contribution >= 0.6 is 23.1 Å². The third kappa shape index (κ3) is 3.09. The van der Waals surface area contributed by atoms with Crippen molar-refractivity contribution < 1.29 is 8.42 Å². The first-order valence-corrected chi connectivity index (χ1v) is 11.0. The van der Waals surface area contributed by atoms with Gasteiger partial charge in [0.25, 0.3) is 0 Å². The van der Waals surface area contributed by atoms with Gasteiger partial charge in [-0.1, -0.05) is 6.92 Å². The molecule has 0 radical (unpaired) electrons. The van der Waals surface area contributed by atoms with Crippen LogP contribution in [0.25, 0.3) is 0 Å². The number of thioether (sulfide) groups is 1. The highest BCUT2D eigenvalue weighted by molar-refractivity contribution is 8.01. The summed E-state index contributed by atoms with van der Waals surface area (Å²) < 4.78 is 24.7. The lowest BCUT2D eigenvalue weighted by molar-refractivity contribution is 0.579. The third-order valence-electron chi connectivity index (χ3n) is 4.01. The molecule has 118 valence electrons. The van der Waals surface area contributed by atoms with E-state index in [1.54, 1.807) is 30.0 Å². The number of nitrogens with two attached hydrogens (primary N) is 1. The maximum absolute atomic E-state index is 12.3. The molecule has 1 saturated carbocycles.